The third-order valence-corrected chi connectivity index (χ3v) is 5.36. The molecule has 1 unspecified atom stereocenters. The van der Waals surface area contributed by atoms with E-state index < -0.39 is 10.8 Å². The normalized spacial score (nSPS) is 15.6. The van der Waals surface area contributed by atoms with Gasteiger partial charge in [0.15, 0.2) is 5.75 Å². The molecule has 1 aliphatic heterocycles. The summed E-state index contributed by atoms with van der Waals surface area (Å²) in [5.41, 5.74) is 6.87. The van der Waals surface area contributed by atoms with Gasteiger partial charge in [0.1, 0.15) is 11.6 Å². The highest BCUT2D eigenvalue weighted by molar-refractivity contribution is 7.19. The summed E-state index contributed by atoms with van der Waals surface area (Å²) in [6, 6.07) is 16.1. The summed E-state index contributed by atoms with van der Waals surface area (Å²) < 4.78 is 6.74. The maximum absolute atomic E-state index is 11.1. The molecule has 4 rings (SSSR count). The minimum absolute atomic E-state index is 0. The molecular formula is C18H11ClN3O3S-. The van der Waals surface area contributed by atoms with Crippen LogP contribution in [0, 0.1) is 21.4 Å². The van der Waals surface area contributed by atoms with E-state index in [9.17, 15) is 15.4 Å². The second kappa shape index (κ2) is 6.67. The molecule has 26 heavy (non-hydrogen) atoms. The SMILES string of the molecule is N#CC1=C(N)Oc2c(sc3ccccc23)C1c1cccc([N+](=O)[O-])c1.[Cl-]. The smallest absolute Gasteiger partial charge is 0.269 e. The molecule has 0 amide bonds. The number of ether oxygens (including phenoxy) is 1. The fraction of sp³-hybridized carbons (Fsp3) is 0.0556. The fourth-order valence-corrected chi connectivity index (χ4v) is 4.30. The Morgan fingerprint density at radius 2 is 2.00 bits per heavy atom. The molecule has 8 heteroatoms. The van der Waals surface area contributed by atoms with Crippen molar-refractivity contribution in [2.45, 2.75) is 5.92 Å². The molecule has 2 heterocycles. The maximum Gasteiger partial charge on any atom is 0.269 e. The van der Waals surface area contributed by atoms with E-state index in [-0.39, 0.29) is 29.6 Å². The Kier molecular flexibility index (Phi) is 4.55. The molecule has 2 aromatic carbocycles. The lowest BCUT2D eigenvalue weighted by atomic mass is 9.88. The highest BCUT2D eigenvalue weighted by Gasteiger charge is 2.34. The summed E-state index contributed by atoms with van der Waals surface area (Å²) in [5, 5.41) is 21.6. The van der Waals surface area contributed by atoms with Crippen LogP contribution in [0.4, 0.5) is 5.69 Å². The monoisotopic (exact) mass is 384 g/mol. The van der Waals surface area contributed by atoms with Gasteiger partial charge in [0.2, 0.25) is 5.88 Å². The van der Waals surface area contributed by atoms with Crippen LogP contribution in [-0.2, 0) is 0 Å². The van der Waals surface area contributed by atoms with Crippen molar-refractivity contribution in [1.29, 1.82) is 5.26 Å². The number of rotatable bonds is 2. The number of nitro groups is 1. The highest BCUT2D eigenvalue weighted by atomic mass is 35.5. The van der Waals surface area contributed by atoms with Crippen molar-refractivity contribution in [3.05, 3.63) is 80.5 Å². The fourth-order valence-electron chi connectivity index (χ4n) is 3.03. The van der Waals surface area contributed by atoms with E-state index >= 15 is 0 Å². The van der Waals surface area contributed by atoms with Crippen LogP contribution in [0.25, 0.3) is 10.1 Å². The predicted molar refractivity (Wildman–Crippen MR) is 94.2 cm³/mol. The van der Waals surface area contributed by atoms with Crippen LogP contribution in [-0.4, -0.2) is 4.92 Å². The minimum atomic E-state index is -0.481. The van der Waals surface area contributed by atoms with Crippen molar-refractivity contribution in [2.75, 3.05) is 0 Å². The summed E-state index contributed by atoms with van der Waals surface area (Å²) in [6.07, 6.45) is 0. The predicted octanol–water partition coefficient (Wildman–Crippen LogP) is 1.03. The minimum Gasteiger partial charge on any atom is -1.00 e. The third-order valence-electron chi connectivity index (χ3n) is 4.14. The first-order valence-electron chi connectivity index (χ1n) is 7.43. The highest BCUT2D eigenvalue weighted by Crippen LogP contribution is 2.50. The van der Waals surface area contributed by atoms with Gasteiger partial charge in [-0.25, -0.2) is 0 Å². The van der Waals surface area contributed by atoms with E-state index in [4.69, 9.17) is 10.5 Å². The van der Waals surface area contributed by atoms with Gasteiger partial charge in [-0.3, -0.25) is 10.1 Å². The summed E-state index contributed by atoms with van der Waals surface area (Å²) in [5.74, 6) is 0.176. The maximum atomic E-state index is 11.1. The van der Waals surface area contributed by atoms with Crippen LogP contribution in [0.1, 0.15) is 16.4 Å². The lowest BCUT2D eigenvalue weighted by Crippen LogP contribution is -3.00. The van der Waals surface area contributed by atoms with E-state index in [1.807, 2.05) is 24.3 Å². The average molecular weight is 385 g/mol. The third kappa shape index (κ3) is 2.65. The van der Waals surface area contributed by atoms with Crippen LogP contribution in [0.2, 0.25) is 0 Å². The van der Waals surface area contributed by atoms with Gasteiger partial charge < -0.3 is 22.9 Å². The summed E-state index contributed by atoms with van der Waals surface area (Å²) in [7, 11) is 0. The van der Waals surface area contributed by atoms with Gasteiger partial charge in [-0.15, -0.1) is 11.3 Å². The zero-order valence-corrected chi connectivity index (χ0v) is 14.8. The zero-order chi connectivity index (χ0) is 17.6. The molecule has 3 aromatic rings. The second-order valence-electron chi connectivity index (χ2n) is 5.57. The van der Waals surface area contributed by atoms with Crippen molar-refractivity contribution in [1.82, 2.24) is 0 Å². The number of hydrogen-bond donors (Lipinski definition) is 1. The van der Waals surface area contributed by atoms with Gasteiger partial charge in [0, 0.05) is 22.2 Å². The Bertz CT molecular complexity index is 1100. The number of nitriles is 1. The van der Waals surface area contributed by atoms with Crippen molar-refractivity contribution >= 4 is 27.1 Å². The van der Waals surface area contributed by atoms with E-state index in [0.717, 1.165) is 15.0 Å². The first kappa shape index (κ1) is 17.7. The van der Waals surface area contributed by atoms with Gasteiger partial charge in [-0.2, -0.15) is 5.26 Å². The van der Waals surface area contributed by atoms with Crippen LogP contribution in [0.5, 0.6) is 5.75 Å². The topological polar surface area (TPSA) is 102 Å². The first-order valence-corrected chi connectivity index (χ1v) is 8.25. The molecule has 130 valence electrons. The van der Waals surface area contributed by atoms with Crippen LogP contribution < -0.4 is 22.9 Å². The number of nitrogens with two attached hydrogens (primary N) is 1. The zero-order valence-electron chi connectivity index (χ0n) is 13.2. The molecule has 0 radical (unpaired) electrons. The van der Waals surface area contributed by atoms with E-state index in [0.29, 0.717) is 11.3 Å². The largest absolute Gasteiger partial charge is 1.00 e. The molecule has 2 N–H and O–H groups in total. The van der Waals surface area contributed by atoms with Gasteiger partial charge in [0.25, 0.3) is 5.69 Å². The van der Waals surface area contributed by atoms with Crippen molar-refractivity contribution in [3.63, 3.8) is 0 Å². The second-order valence-corrected chi connectivity index (χ2v) is 6.65. The quantitative estimate of drug-likeness (QED) is 0.525. The van der Waals surface area contributed by atoms with E-state index in [2.05, 4.69) is 6.07 Å². The molecule has 1 aliphatic rings. The number of hydrogen-bond acceptors (Lipinski definition) is 6. The number of halogens is 1. The van der Waals surface area contributed by atoms with Gasteiger partial charge >= 0.3 is 0 Å². The summed E-state index contributed by atoms with van der Waals surface area (Å²) >= 11 is 1.50. The molecule has 1 atom stereocenters. The molecular weight excluding hydrogens is 374 g/mol. The lowest BCUT2D eigenvalue weighted by Gasteiger charge is -2.23. The van der Waals surface area contributed by atoms with Gasteiger partial charge in [-0.05, 0) is 17.7 Å². The molecule has 0 aliphatic carbocycles. The molecule has 6 nitrogen and oxygen atoms in total. The first-order chi connectivity index (χ1) is 12.1. The van der Waals surface area contributed by atoms with E-state index in [1.54, 1.807) is 12.1 Å². The van der Waals surface area contributed by atoms with Crippen LogP contribution >= 0.6 is 11.3 Å². The number of thiophene rings is 1. The Labute approximate surface area is 158 Å². The summed E-state index contributed by atoms with van der Waals surface area (Å²) in [4.78, 5) is 11.5. The Morgan fingerprint density at radius 1 is 1.23 bits per heavy atom. The Hall–Kier alpha value is -3.08. The van der Waals surface area contributed by atoms with Gasteiger partial charge in [-0.1, -0.05) is 24.3 Å². The number of fused-ring (bicyclic) bond motifs is 3. The average Bonchev–Trinajstić information content (AvgIpc) is 2.98. The number of benzene rings is 2. The molecule has 0 bridgehead atoms. The Balaban J connectivity index is 0.00000196. The Morgan fingerprint density at radius 3 is 2.73 bits per heavy atom. The number of non-ortho nitro benzene ring substituents is 1. The van der Waals surface area contributed by atoms with E-state index in [1.165, 1.54) is 23.5 Å². The van der Waals surface area contributed by atoms with Crippen molar-refractivity contribution in [3.8, 4) is 11.8 Å². The van der Waals surface area contributed by atoms with Crippen molar-refractivity contribution in [2.24, 2.45) is 5.73 Å². The van der Waals surface area contributed by atoms with Gasteiger partial charge in [0.05, 0.1) is 15.7 Å². The van der Waals surface area contributed by atoms with Crippen LogP contribution in [0.15, 0.2) is 60.0 Å². The summed E-state index contributed by atoms with van der Waals surface area (Å²) in [6.45, 7) is 0. The number of nitrogens with zero attached hydrogens (tertiary/aromatic N) is 2. The molecule has 1 aromatic heterocycles. The standard InChI is InChI=1S/C18H11N3O3S.ClH/c19-9-13-15(10-4-3-5-11(8-10)21(22)23)17-16(24-18(13)20)12-6-1-2-7-14(12)25-17;/h1-8,15H,20H2;1H/p-1. The molecule has 0 saturated carbocycles. The molecule has 0 saturated heterocycles. The molecule has 0 spiro atoms. The molecule has 0 fully saturated rings. The lowest BCUT2D eigenvalue weighted by molar-refractivity contribution is -0.384. The number of allylic oxidation sites excluding steroid dienone is 1. The van der Waals surface area contributed by atoms with Crippen LogP contribution in [0.3, 0.4) is 0 Å². The van der Waals surface area contributed by atoms with Crippen molar-refractivity contribution < 1.29 is 22.1 Å². The number of nitro benzene ring substituents is 1.